The third-order valence-corrected chi connectivity index (χ3v) is 4.57. The number of hydrogen-bond donors (Lipinski definition) is 2. The Balaban J connectivity index is 1.44. The third kappa shape index (κ3) is 7.10. The average molecular weight is 448 g/mol. The fourth-order valence-corrected chi connectivity index (χ4v) is 2.85. The van der Waals surface area contributed by atoms with E-state index in [1.807, 2.05) is 19.1 Å². The van der Waals surface area contributed by atoms with Gasteiger partial charge in [0, 0.05) is 17.4 Å². The Bertz CT molecular complexity index is 1130. The zero-order valence-electron chi connectivity index (χ0n) is 18.3. The Morgan fingerprint density at radius 3 is 2.24 bits per heavy atom. The molecule has 170 valence electrons. The number of benzene rings is 3. The molecular weight excluding hydrogens is 424 g/mol. The van der Waals surface area contributed by atoms with Gasteiger partial charge in [0.1, 0.15) is 11.5 Å². The van der Waals surface area contributed by atoms with Gasteiger partial charge < -0.3 is 24.8 Å². The van der Waals surface area contributed by atoms with Gasteiger partial charge in [-0.15, -0.1) is 0 Å². The van der Waals surface area contributed by atoms with Crippen LogP contribution in [0.2, 0.25) is 0 Å². The molecule has 33 heavy (non-hydrogen) atoms. The molecule has 3 aromatic rings. The fraction of sp³-hybridized carbons (Fsp3) is 0.160. The molecule has 0 unspecified atom stereocenters. The van der Waals surface area contributed by atoms with Gasteiger partial charge in [-0.05, 0) is 55.0 Å². The summed E-state index contributed by atoms with van der Waals surface area (Å²) < 4.78 is 15.6. The molecule has 0 aliphatic rings. The highest BCUT2D eigenvalue weighted by Gasteiger charge is 2.12. The number of carbonyl (C=O) groups is 3. The molecule has 0 atom stereocenters. The van der Waals surface area contributed by atoms with Crippen LogP contribution in [0.3, 0.4) is 0 Å². The van der Waals surface area contributed by atoms with Crippen LogP contribution in [0.4, 0.5) is 11.4 Å². The molecule has 0 aromatic heterocycles. The van der Waals surface area contributed by atoms with Crippen LogP contribution in [0.15, 0.2) is 72.8 Å². The van der Waals surface area contributed by atoms with Gasteiger partial charge in [-0.1, -0.05) is 24.3 Å². The van der Waals surface area contributed by atoms with E-state index in [2.05, 4.69) is 10.6 Å². The number of rotatable bonds is 9. The summed E-state index contributed by atoms with van der Waals surface area (Å²) in [5.74, 6) is -0.378. The maximum Gasteiger partial charge on any atom is 0.338 e. The van der Waals surface area contributed by atoms with E-state index in [0.717, 1.165) is 5.56 Å². The SMILES string of the molecule is COc1cccc(NC(=O)COc2ccc(C(=O)OCC(=O)Nc3ccccc3C)cc2)c1. The highest BCUT2D eigenvalue weighted by molar-refractivity contribution is 5.96. The highest BCUT2D eigenvalue weighted by Crippen LogP contribution is 2.17. The van der Waals surface area contributed by atoms with Crippen molar-refractivity contribution in [3.63, 3.8) is 0 Å². The zero-order chi connectivity index (χ0) is 23.6. The summed E-state index contributed by atoms with van der Waals surface area (Å²) in [6, 6.07) is 20.4. The number of methoxy groups -OCH3 is 1. The number of aryl methyl sites for hydroxylation is 1. The van der Waals surface area contributed by atoms with E-state index in [1.54, 1.807) is 55.6 Å². The van der Waals surface area contributed by atoms with Crippen LogP contribution in [-0.4, -0.2) is 38.1 Å². The van der Waals surface area contributed by atoms with Gasteiger partial charge >= 0.3 is 5.97 Å². The number of esters is 1. The molecule has 8 heteroatoms. The summed E-state index contributed by atoms with van der Waals surface area (Å²) in [4.78, 5) is 36.3. The first-order valence-electron chi connectivity index (χ1n) is 10.1. The maximum absolute atomic E-state index is 12.2. The van der Waals surface area contributed by atoms with Gasteiger partial charge in [0.05, 0.1) is 12.7 Å². The Hall–Kier alpha value is -4.33. The van der Waals surface area contributed by atoms with Crippen LogP contribution >= 0.6 is 0 Å². The van der Waals surface area contributed by atoms with Crippen molar-refractivity contribution in [3.8, 4) is 11.5 Å². The summed E-state index contributed by atoms with van der Waals surface area (Å²) in [6.07, 6.45) is 0. The van der Waals surface area contributed by atoms with Crippen molar-refractivity contribution >= 4 is 29.2 Å². The van der Waals surface area contributed by atoms with Crippen LogP contribution in [-0.2, 0) is 14.3 Å². The van der Waals surface area contributed by atoms with Gasteiger partial charge in [0.15, 0.2) is 13.2 Å². The van der Waals surface area contributed by atoms with Crippen LogP contribution in [0.1, 0.15) is 15.9 Å². The monoisotopic (exact) mass is 448 g/mol. The molecule has 0 heterocycles. The molecule has 0 aliphatic carbocycles. The second-order valence-electron chi connectivity index (χ2n) is 7.03. The van der Waals surface area contributed by atoms with E-state index in [4.69, 9.17) is 14.2 Å². The van der Waals surface area contributed by atoms with Gasteiger partial charge in [0.2, 0.25) is 0 Å². The number of para-hydroxylation sites is 1. The van der Waals surface area contributed by atoms with E-state index < -0.39 is 18.5 Å². The van der Waals surface area contributed by atoms with Gasteiger partial charge in [0.25, 0.3) is 11.8 Å². The number of amides is 2. The van der Waals surface area contributed by atoms with Crippen molar-refractivity contribution in [3.05, 3.63) is 83.9 Å². The smallest absolute Gasteiger partial charge is 0.338 e. The van der Waals surface area contributed by atoms with E-state index >= 15 is 0 Å². The summed E-state index contributed by atoms with van der Waals surface area (Å²) in [5.41, 5.74) is 2.42. The molecule has 3 rings (SSSR count). The summed E-state index contributed by atoms with van der Waals surface area (Å²) in [6.45, 7) is 1.25. The van der Waals surface area contributed by atoms with E-state index in [-0.39, 0.29) is 18.1 Å². The lowest BCUT2D eigenvalue weighted by Gasteiger charge is -2.10. The molecule has 0 aliphatic heterocycles. The first-order valence-corrected chi connectivity index (χ1v) is 10.1. The van der Waals surface area contributed by atoms with Crippen molar-refractivity contribution in [1.82, 2.24) is 0 Å². The Morgan fingerprint density at radius 1 is 0.788 bits per heavy atom. The predicted octanol–water partition coefficient (Wildman–Crippen LogP) is 3.82. The molecule has 0 saturated carbocycles. The summed E-state index contributed by atoms with van der Waals surface area (Å²) in [5, 5.41) is 5.40. The van der Waals surface area contributed by atoms with Crippen molar-refractivity contribution in [2.24, 2.45) is 0 Å². The molecule has 0 saturated heterocycles. The largest absolute Gasteiger partial charge is 0.497 e. The number of ether oxygens (including phenoxy) is 3. The minimum atomic E-state index is -0.641. The number of hydrogen-bond acceptors (Lipinski definition) is 6. The highest BCUT2D eigenvalue weighted by atomic mass is 16.5. The fourth-order valence-electron chi connectivity index (χ4n) is 2.85. The lowest BCUT2D eigenvalue weighted by atomic mass is 10.2. The van der Waals surface area contributed by atoms with E-state index in [0.29, 0.717) is 22.9 Å². The van der Waals surface area contributed by atoms with E-state index in [9.17, 15) is 14.4 Å². The topological polar surface area (TPSA) is 103 Å². The minimum absolute atomic E-state index is 0.208. The molecular formula is C25H24N2O6. The minimum Gasteiger partial charge on any atom is -0.497 e. The van der Waals surface area contributed by atoms with Crippen LogP contribution in [0, 0.1) is 6.92 Å². The molecule has 2 N–H and O–H groups in total. The molecule has 0 fully saturated rings. The molecule has 0 radical (unpaired) electrons. The quantitative estimate of drug-likeness (QED) is 0.483. The summed E-state index contributed by atoms with van der Waals surface area (Å²) >= 11 is 0. The molecule has 2 amide bonds. The number of carbonyl (C=O) groups excluding carboxylic acids is 3. The average Bonchev–Trinajstić information content (AvgIpc) is 2.83. The van der Waals surface area contributed by atoms with Crippen molar-refractivity contribution in [1.29, 1.82) is 0 Å². The van der Waals surface area contributed by atoms with Crippen LogP contribution in [0.5, 0.6) is 11.5 Å². The molecule has 8 nitrogen and oxygen atoms in total. The lowest BCUT2D eigenvalue weighted by Crippen LogP contribution is -2.21. The normalized spacial score (nSPS) is 10.1. The first kappa shape index (κ1) is 23.3. The van der Waals surface area contributed by atoms with Gasteiger partial charge in [-0.3, -0.25) is 9.59 Å². The second-order valence-corrected chi connectivity index (χ2v) is 7.03. The Morgan fingerprint density at radius 2 is 1.52 bits per heavy atom. The van der Waals surface area contributed by atoms with Crippen LogP contribution < -0.4 is 20.1 Å². The Labute approximate surface area is 191 Å². The number of anilines is 2. The predicted molar refractivity (Wildman–Crippen MR) is 124 cm³/mol. The second kappa shape index (κ2) is 11.3. The van der Waals surface area contributed by atoms with Crippen LogP contribution in [0.25, 0.3) is 0 Å². The van der Waals surface area contributed by atoms with Crippen molar-refractivity contribution < 1.29 is 28.6 Å². The molecule has 3 aromatic carbocycles. The van der Waals surface area contributed by atoms with Gasteiger partial charge in [-0.2, -0.15) is 0 Å². The Kier molecular flexibility index (Phi) is 8.02. The van der Waals surface area contributed by atoms with Gasteiger partial charge in [-0.25, -0.2) is 4.79 Å². The molecule has 0 bridgehead atoms. The summed E-state index contributed by atoms with van der Waals surface area (Å²) in [7, 11) is 1.55. The van der Waals surface area contributed by atoms with Crippen molar-refractivity contribution in [2.75, 3.05) is 31.0 Å². The third-order valence-electron chi connectivity index (χ3n) is 4.57. The maximum atomic E-state index is 12.2. The molecule has 0 spiro atoms. The number of nitrogens with one attached hydrogen (secondary N) is 2. The van der Waals surface area contributed by atoms with E-state index in [1.165, 1.54) is 12.1 Å². The van der Waals surface area contributed by atoms with Crippen molar-refractivity contribution in [2.45, 2.75) is 6.92 Å². The lowest BCUT2D eigenvalue weighted by molar-refractivity contribution is -0.119. The first-order chi connectivity index (χ1) is 15.9. The zero-order valence-corrected chi connectivity index (χ0v) is 18.3. The standard InChI is InChI=1S/C25H24N2O6/c1-17-6-3-4-9-22(17)27-24(29)16-33-25(30)18-10-12-20(13-11-18)32-15-23(28)26-19-7-5-8-21(14-19)31-2/h3-14H,15-16H2,1-2H3,(H,26,28)(H,27,29).